The van der Waals surface area contributed by atoms with E-state index in [1.54, 1.807) is 11.1 Å². The fraction of sp³-hybridized carbons (Fsp3) is 0.381. The Morgan fingerprint density at radius 1 is 0.962 bits per heavy atom. The first-order valence-corrected chi connectivity index (χ1v) is 9.26. The Morgan fingerprint density at radius 3 is 2.35 bits per heavy atom. The molecule has 4 fully saturated rings. The van der Waals surface area contributed by atoms with Crippen LogP contribution in [0.4, 0.5) is 0 Å². The van der Waals surface area contributed by atoms with Crippen molar-refractivity contribution in [1.29, 1.82) is 0 Å². The van der Waals surface area contributed by atoms with E-state index in [-0.39, 0.29) is 17.4 Å². The van der Waals surface area contributed by atoms with Crippen LogP contribution in [0.5, 0.6) is 0 Å². The highest BCUT2D eigenvalue weighted by Gasteiger charge is 2.62. The predicted molar refractivity (Wildman–Crippen MR) is 96.9 cm³/mol. The van der Waals surface area contributed by atoms with E-state index in [0.717, 1.165) is 42.0 Å². The highest BCUT2D eigenvalue weighted by atomic mass is 16.2. The summed E-state index contributed by atoms with van der Waals surface area (Å²) in [7, 11) is 0. The highest BCUT2D eigenvalue weighted by Crippen LogP contribution is 2.60. The third-order valence-electron chi connectivity index (χ3n) is 6.16. The number of rotatable bonds is 4. The number of piperazine rings is 1. The third kappa shape index (κ3) is 2.34. The average molecular weight is 347 g/mol. The lowest BCUT2D eigenvalue weighted by molar-refractivity contribution is -0.186. The maximum Gasteiger partial charge on any atom is 0.312 e. The molecule has 0 radical (unpaired) electrons. The molecule has 1 aromatic carbocycles. The third-order valence-corrected chi connectivity index (χ3v) is 6.16. The van der Waals surface area contributed by atoms with Gasteiger partial charge in [0.05, 0.1) is 5.69 Å². The van der Waals surface area contributed by atoms with Crippen LogP contribution in [0, 0.1) is 5.92 Å². The molecule has 2 heterocycles. The molecule has 1 aliphatic heterocycles. The van der Waals surface area contributed by atoms with E-state index in [1.807, 2.05) is 47.4 Å². The van der Waals surface area contributed by atoms with Crippen molar-refractivity contribution in [3.05, 3.63) is 54.2 Å². The maximum atomic E-state index is 12.5. The monoisotopic (exact) mass is 347 g/mol. The van der Waals surface area contributed by atoms with Crippen molar-refractivity contribution < 1.29 is 9.59 Å². The van der Waals surface area contributed by atoms with E-state index in [2.05, 4.69) is 4.98 Å². The van der Waals surface area contributed by atoms with E-state index >= 15 is 0 Å². The number of aromatic nitrogens is 1. The number of hydrogen-bond donors (Lipinski definition) is 0. The standard InChI is InChI=1S/C21H21N3O2/c25-19-20(26)24(21-10-16(11-21)12-21)9-8-23(19)14-15-6-7-18(22-13-15)17-4-2-1-3-5-17/h1-7,13,16H,8-12,14H2. The average Bonchev–Trinajstić information content (AvgIpc) is 2.60. The Labute approximate surface area is 152 Å². The van der Waals surface area contributed by atoms with Gasteiger partial charge in [-0.05, 0) is 36.8 Å². The molecule has 0 atom stereocenters. The van der Waals surface area contributed by atoms with Crippen LogP contribution in [0.25, 0.3) is 11.3 Å². The number of amides is 2. The Bertz CT molecular complexity index is 846. The topological polar surface area (TPSA) is 53.5 Å². The van der Waals surface area contributed by atoms with Crippen LogP contribution >= 0.6 is 0 Å². The Balaban J connectivity index is 1.26. The lowest BCUT2D eigenvalue weighted by Crippen LogP contribution is -2.73. The summed E-state index contributed by atoms with van der Waals surface area (Å²) >= 11 is 0. The summed E-state index contributed by atoms with van der Waals surface area (Å²) in [6, 6.07) is 14.0. The van der Waals surface area contributed by atoms with Crippen molar-refractivity contribution in [3.63, 3.8) is 0 Å². The summed E-state index contributed by atoms with van der Waals surface area (Å²) in [4.78, 5) is 33.1. The van der Waals surface area contributed by atoms with Crippen molar-refractivity contribution in [2.24, 2.45) is 5.92 Å². The molecule has 0 N–H and O–H groups in total. The first-order chi connectivity index (χ1) is 12.6. The second-order valence-corrected chi connectivity index (χ2v) is 7.80. The van der Waals surface area contributed by atoms with Gasteiger partial charge in [-0.2, -0.15) is 0 Å². The van der Waals surface area contributed by atoms with E-state index in [1.165, 1.54) is 0 Å². The molecule has 0 spiro atoms. The molecule has 5 heteroatoms. The summed E-state index contributed by atoms with van der Waals surface area (Å²) in [6.07, 6.45) is 5.08. The summed E-state index contributed by atoms with van der Waals surface area (Å²) in [5, 5.41) is 0. The first kappa shape index (κ1) is 15.6. The van der Waals surface area contributed by atoms with Gasteiger partial charge in [-0.1, -0.05) is 36.4 Å². The fourth-order valence-electron chi connectivity index (χ4n) is 4.56. The second kappa shape index (κ2) is 5.66. The van der Waals surface area contributed by atoms with E-state index in [9.17, 15) is 9.59 Å². The lowest BCUT2D eigenvalue weighted by Gasteiger charge is -2.66. The van der Waals surface area contributed by atoms with Gasteiger partial charge >= 0.3 is 11.8 Å². The van der Waals surface area contributed by atoms with Gasteiger partial charge < -0.3 is 9.80 Å². The molecule has 1 aromatic heterocycles. The zero-order valence-electron chi connectivity index (χ0n) is 14.6. The summed E-state index contributed by atoms with van der Waals surface area (Å²) < 4.78 is 0. The number of hydrogen-bond acceptors (Lipinski definition) is 3. The van der Waals surface area contributed by atoms with E-state index in [0.29, 0.717) is 19.6 Å². The SMILES string of the molecule is O=C1C(=O)N(C23CC(C2)C3)CCN1Cc1ccc(-c2ccccc2)nc1. The van der Waals surface area contributed by atoms with Crippen molar-refractivity contribution in [2.75, 3.05) is 13.1 Å². The molecule has 1 saturated heterocycles. The van der Waals surface area contributed by atoms with Gasteiger partial charge in [0, 0.05) is 36.9 Å². The Hall–Kier alpha value is -2.69. The zero-order valence-corrected chi connectivity index (χ0v) is 14.6. The number of benzene rings is 1. The van der Waals surface area contributed by atoms with Gasteiger partial charge in [0.2, 0.25) is 0 Å². The number of nitrogens with zero attached hydrogens (tertiary/aromatic N) is 3. The molecule has 5 nitrogen and oxygen atoms in total. The number of pyridine rings is 1. The van der Waals surface area contributed by atoms with Crippen LogP contribution in [-0.4, -0.2) is 45.2 Å². The molecule has 3 aliphatic carbocycles. The van der Waals surface area contributed by atoms with Gasteiger partial charge in [0.1, 0.15) is 0 Å². The van der Waals surface area contributed by atoms with Crippen molar-refractivity contribution >= 4 is 11.8 Å². The molecule has 2 amide bonds. The Kier molecular flexibility index (Phi) is 3.39. The highest BCUT2D eigenvalue weighted by molar-refractivity contribution is 6.35. The summed E-state index contributed by atoms with van der Waals surface area (Å²) in [5.41, 5.74) is 2.95. The van der Waals surface area contributed by atoms with Crippen LogP contribution in [-0.2, 0) is 16.1 Å². The number of carbonyl (C=O) groups is 2. The Morgan fingerprint density at radius 2 is 1.73 bits per heavy atom. The molecule has 2 aromatic rings. The second-order valence-electron chi connectivity index (χ2n) is 7.80. The molecule has 132 valence electrons. The molecule has 2 bridgehead atoms. The molecule has 0 unspecified atom stereocenters. The molecular weight excluding hydrogens is 326 g/mol. The molecule has 26 heavy (non-hydrogen) atoms. The largest absolute Gasteiger partial charge is 0.328 e. The minimum atomic E-state index is -0.367. The van der Waals surface area contributed by atoms with Crippen molar-refractivity contribution in [2.45, 2.75) is 31.3 Å². The van der Waals surface area contributed by atoms with E-state index in [4.69, 9.17) is 0 Å². The van der Waals surface area contributed by atoms with Gasteiger partial charge in [0.25, 0.3) is 0 Å². The summed E-state index contributed by atoms with van der Waals surface area (Å²) in [6.45, 7) is 1.71. The van der Waals surface area contributed by atoms with Crippen LogP contribution in [0.1, 0.15) is 24.8 Å². The zero-order chi connectivity index (χ0) is 17.7. The first-order valence-electron chi connectivity index (χ1n) is 9.26. The minimum Gasteiger partial charge on any atom is -0.328 e. The minimum absolute atomic E-state index is 0.0301. The molecular formula is C21H21N3O2. The molecule has 6 rings (SSSR count). The smallest absolute Gasteiger partial charge is 0.312 e. The summed E-state index contributed by atoms with van der Waals surface area (Å²) in [5.74, 6) is 0.113. The van der Waals surface area contributed by atoms with Crippen LogP contribution < -0.4 is 0 Å². The lowest BCUT2D eigenvalue weighted by atomic mass is 9.49. The quantitative estimate of drug-likeness (QED) is 0.799. The van der Waals surface area contributed by atoms with E-state index < -0.39 is 0 Å². The van der Waals surface area contributed by atoms with Gasteiger partial charge in [-0.15, -0.1) is 0 Å². The van der Waals surface area contributed by atoms with Gasteiger partial charge in [-0.3, -0.25) is 14.6 Å². The van der Waals surface area contributed by atoms with Crippen LogP contribution in [0.15, 0.2) is 48.7 Å². The van der Waals surface area contributed by atoms with Crippen LogP contribution in [0.2, 0.25) is 0 Å². The predicted octanol–water partition coefficient (Wildman–Crippen LogP) is 2.47. The van der Waals surface area contributed by atoms with Crippen molar-refractivity contribution in [1.82, 2.24) is 14.8 Å². The normalized spacial score (nSPS) is 27.2. The molecule has 4 aliphatic rings. The fourth-order valence-corrected chi connectivity index (χ4v) is 4.56. The number of carbonyl (C=O) groups excluding carboxylic acids is 2. The van der Waals surface area contributed by atoms with Crippen LogP contribution in [0.3, 0.4) is 0 Å². The molecule has 3 saturated carbocycles. The maximum absolute atomic E-state index is 12.5. The van der Waals surface area contributed by atoms with Gasteiger partial charge in [-0.25, -0.2) is 0 Å². The van der Waals surface area contributed by atoms with Gasteiger partial charge in [0.15, 0.2) is 0 Å². The van der Waals surface area contributed by atoms with Crippen molar-refractivity contribution in [3.8, 4) is 11.3 Å².